The predicted molar refractivity (Wildman–Crippen MR) is 83.0 cm³/mol. The van der Waals surface area contributed by atoms with E-state index in [9.17, 15) is 13.2 Å². The van der Waals surface area contributed by atoms with Crippen molar-refractivity contribution in [2.24, 2.45) is 0 Å². The van der Waals surface area contributed by atoms with E-state index < -0.39 is 23.5 Å². The maximum atomic E-state index is 14.5. The second kappa shape index (κ2) is 5.40. The summed E-state index contributed by atoms with van der Waals surface area (Å²) in [5.74, 6) is -1.56. The number of benzene rings is 1. The molecule has 1 atom stereocenters. The summed E-state index contributed by atoms with van der Waals surface area (Å²) < 4.78 is 43.4. The van der Waals surface area contributed by atoms with Gasteiger partial charge in [-0.15, -0.1) is 0 Å². The summed E-state index contributed by atoms with van der Waals surface area (Å²) in [4.78, 5) is 5.91. The van der Waals surface area contributed by atoms with Crippen LogP contribution in [-0.4, -0.2) is 21.1 Å². The molecule has 0 aliphatic carbocycles. The Bertz CT molecular complexity index is 923. The van der Waals surface area contributed by atoms with Crippen LogP contribution in [0.1, 0.15) is 24.4 Å². The quantitative estimate of drug-likeness (QED) is 0.783. The van der Waals surface area contributed by atoms with Gasteiger partial charge in [-0.25, -0.2) is 22.7 Å². The van der Waals surface area contributed by atoms with Gasteiger partial charge in [0.2, 0.25) is 0 Å². The average Bonchev–Trinajstić information content (AvgIpc) is 3.16. The zero-order valence-corrected chi connectivity index (χ0v) is 12.6. The molecule has 1 unspecified atom stereocenters. The summed E-state index contributed by atoms with van der Waals surface area (Å²) in [7, 11) is 0. The number of rotatable bonds is 2. The van der Waals surface area contributed by atoms with Gasteiger partial charge >= 0.3 is 0 Å². The Morgan fingerprint density at radius 2 is 2.00 bits per heavy atom. The number of aromatic nitrogens is 3. The highest BCUT2D eigenvalue weighted by atomic mass is 19.1. The van der Waals surface area contributed by atoms with Crippen LogP contribution in [-0.2, 0) is 0 Å². The summed E-state index contributed by atoms with van der Waals surface area (Å²) in [6, 6.07) is 2.83. The molecule has 4 rings (SSSR count). The van der Waals surface area contributed by atoms with E-state index in [4.69, 9.17) is 5.73 Å². The van der Waals surface area contributed by atoms with E-state index in [0.717, 1.165) is 24.6 Å². The molecule has 2 aromatic heterocycles. The Kier molecular flexibility index (Phi) is 3.33. The summed E-state index contributed by atoms with van der Waals surface area (Å²) in [6.45, 7) is 0.495. The van der Waals surface area contributed by atoms with Crippen LogP contribution in [0, 0.1) is 17.5 Å². The van der Waals surface area contributed by atoms with Crippen LogP contribution in [0.4, 0.5) is 24.7 Å². The minimum absolute atomic E-state index is 0.0702. The van der Waals surface area contributed by atoms with E-state index in [1.807, 2.05) is 0 Å². The number of nitrogens with zero attached hydrogens (tertiary/aromatic N) is 4. The van der Waals surface area contributed by atoms with Gasteiger partial charge in [0.15, 0.2) is 17.3 Å². The van der Waals surface area contributed by atoms with Crippen molar-refractivity contribution in [1.29, 1.82) is 0 Å². The van der Waals surface area contributed by atoms with Gasteiger partial charge < -0.3 is 10.6 Å². The third-order valence-electron chi connectivity index (χ3n) is 4.30. The number of nitrogen functional groups attached to an aromatic ring is 1. The van der Waals surface area contributed by atoms with Crippen molar-refractivity contribution in [3.05, 3.63) is 53.6 Å². The first-order valence-corrected chi connectivity index (χ1v) is 7.55. The molecular weight excluding hydrogens is 319 g/mol. The van der Waals surface area contributed by atoms with E-state index in [0.29, 0.717) is 24.3 Å². The molecule has 3 aromatic rings. The van der Waals surface area contributed by atoms with Gasteiger partial charge in [-0.2, -0.15) is 5.10 Å². The first-order chi connectivity index (χ1) is 11.5. The number of hydrogen-bond acceptors (Lipinski definition) is 4. The van der Waals surface area contributed by atoms with Gasteiger partial charge in [0, 0.05) is 12.1 Å². The van der Waals surface area contributed by atoms with Gasteiger partial charge in [-0.05, 0) is 31.0 Å². The van der Waals surface area contributed by atoms with E-state index in [2.05, 4.69) is 10.1 Å². The average molecular weight is 333 g/mol. The van der Waals surface area contributed by atoms with Crippen molar-refractivity contribution in [3.8, 4) is 0 Å². The molecule has 1 aliphatic heterocycles. The van der Waals surface area contributed by atoms with Crippen molar-refractivity contribution in [1.82, 2.24) is 14.6 Å². The lowest BCUT2D eigenvalue weighted by atomic mass is 10.0. The minimum atomic E-state index is -0.589. The molecule has 1 saturated heterocycles. The molecule has 3 heterocycles. The van der Waals surface area contributed by atoms with E-state index in [-0.39, 0.29) is 11.4 Å². The molecule has 1 aliphatic rings. The van der Waals surface area contributed by atoms with Crippen LogP contribution in [0.5, 0.6) is 0 Å². The van der Waals surface area contributed by atoms with Crippen molar-refractivity contribution in [2.75, 3.05) is 17.2 Å². The molecule has 0 amide bonds. The molecule has 5 nitrogen and oxygen atoms in total. The van der Waals surface area contributed by atoms with Crippen LogP contribution < -0.4 is 10.6 Å². The fraction of sp³-hybridized carbons (Fsp3) is 0.250. The minimum Gasteiger partial charge on any atom is -0.394 e. The van der Waals surface area contributed by atoms with Gasteiger partial charge in [0.1, 0.15) is 11.6 Å². The van der Waals surface area contributed by atoms with Gasteiger partial charge in [0.05, 0.1) is 24.1 Å². The standard InChI is InChI=1S/C16H14F3N5/c17-9-3-4-11(18)10(6-9)14-2-1-5-23(14)15-12(19)8-24-16(22-15)13(20)7-21-24/h3-4,6-8,14H,1-2,5,20H2. The van der Waals surface area contributed by atoms with Crippen molar-refractivity contribution in [3.63, 3.8) is 0 Å². The Morgan fingerprint density at radius 1 is 1.17 bits per heavy atom. The number of nitrogens with two attached hydrogens (primary N) is 1. The fourth-order valence-corrected chi connectivity index (χ4v) is 3.21. The third kappa shape index (κ3) is 2.26. The van der Waals surface area contributed by atoms with Gasteiger partial charge in [-0.3, -0.25) is 0 Å². The topological polar surface area (TPSA) is 59.4 Å². The zero-order chi connectivity index (χ0) is 16.8. The molecule has 8 heteroatoms. The predicted octanol–water partition coefficient (Wildman–Crippen LogP) is 3.07. The molecule has 124 valence electrons. The van der Waals surface area contributed by atoms with Crippen molar-refractivity contribution in [2.45, 2.75) is 18.9 Å². The normalized spacial score (nSPS) is 17.8. The molecule has 1 fully saturated rings. The zero-order valence-electron chi connectivity index (χ0n) is 12.6. The SMILES string of the molecule is Nc1cnn2cc(F)c(N3CCCC3c3cc(F)ccc3F)nc12. The molecule has 0 radical (unpaired) electrons. The first kappa shape index (κ1) is 14.8. The monoisotopic (exact) mass is 333 g/mol. The van der Waals surface area contributed by atoms with Crippen LogP contribution in [0.15, 0.2) is 30.6 Å². The lowest BCUT2D eigenvalue weighted by Gasteiger charge is -2.26. The Labute approximate surface area is 135 Å². The van der Waals surface area contributed by atoms with E-state index >= 15 is 0 Å². The lowest BCUT2D eigenvalue weighted by molar-refractivity contribution is 0.551. The first-order valence-electron chi connectivity index (χ1n) is 7.55. The van der Waals surface area contributed by atoms with Crippen LogP contribution in [0.2, 0.25) is 0 Å². The Morgan fingerprint density at radius 3 is 2.83 bits per heavy atom. The molecule has 0 spiro atoms. The number of anilines is 2. The van der Waals surface area contributed by atoms with Crippen LogP contribution in [0.25, 0.3) is 5.65 Å². The van der Waals surface area contributed by atoms with E-state index in [1.165, 1.54) is 16.9 Å². The summed E-state index contributed by atoms with van der Waals surface area (Å²) in [5, 5.41) is 3.91. The molecule has 2 N–H and O–H groups in total. The van der Waals surface area contributed by atoms with Crippen molar-refractivity contribution >= 4 is 17.2 Å². The van der Waals surface area contributed by atoms with Gasteiger partial charge in [0.25, 0.3) is 0 Å². The largest absolute Gasteiger partial charge is 0.394 e. The number of halogens is 3. The van der Waals surface area contributed by atoms with E-state index in [1.54, 1.807) is 4.90 Å². The number of hydrogen-bond donors (Lipinski definition) is 1. The number of fused-ring (bicyclic) bond motifs is 1. The smallest absolute Gasteiger partial charge is 0.184 e. The second-order valence-corrected chi connectivity index (χ2v) is 5.80. The molecule has 0 saturated carbocycles. The molecular formula is C16H14F3N5. The summed E-state index contributed by atoms with van der Waals surface area (Å²) >= 11 is 0. The molecule has 1 aromatic carbocycles. The Hall–Kier alpha value is -2.77. The highest BCUT2D eigenvalue weighted by Gasteiger charge is 2.31. The third-order valence-corrected chi connectivity index (χ3v) is 4.30. The van der Waals surface area contributed by atoms with Crippen molar-refractivity contribution < 1.29 is 13.2 Å². The maximum absolute atomic E-state index is 14.5. The van der Waals surface area contributed by atoms with Gasteiger partial charge in [-0.1, -0.05) is 0 Å². The Balaban J connectivity index is 1.81. The molecule has 0 bridgehead atoms. The molecule has 24 heavy (non-hydrogen) atoms. The summed E-state index contributed by atoms with van der Waals surface area (Å²) in [6.07, 6.45) is 3.88. The maximum Gasteiger partial charge on any atom is 0.184 e. The lowest BCUT2D eigenvalue weighted by Crippen LogP contribution is -2.26. The summed E-state index contributed by atoms with van der Waals surface area (Å²) in [5.41, 5.74) is 6.64. The highest BCUT2D eigenvalue weighted by Crippen LogP contribution is 2.38. The fourth-order valence-electron chi connectivity index (χ4n) is 3.21. The van der Waals surface area contributed by atoms with Crippen LogP contribution >= 0.6 is 0 Å². The second-order valence-electron chi connectivity index (χ2n) is 5.80. The highest BCUT2D eigenvalue weighted by molar-refractivity contribution is 5.66. The van der Waals surface area contributed by atoms with Crippen LogP contribution in [0.3, 0.4) is 0 Å².